The molecule has 1 aromatic rings. The highest BCUT2D eigenvalue weighted by atomic mass is 32.2. The molecular formula is C15H13NO3S. The van der Waals surface area contributed by atoms with Gasteiger partial charge < -0.3 is 0 Å². The van der Waals surface area contributed by atoms with Crippen LogP contribution < -0.4 is 0 Å². The topological polar surface area (TPSA) is 75.0 Å². The number of sulfone groups is 1. The third-order valence-corrected chi connectivity index (χ3v) is 4.88. The SMILES string of the molecule is N#Cc1ccc(S(=O)(=O)CCC2C=CC=CC2=O)cc1. The number of hydrogen-bond acceptors (Lipinski definition) is 4. The van der Waals surface area contributed by atoms with Crippen molar-refractivity contribution < 1.29 is 13.2 Å². The van der Waals surface area contributed by atoms with Crippen LogP contribution in [0, 0.1) is 17.2 Å². The Labute approximate surface area is 118 Å². The van der Waals surface area contributed by atoms with Crippen molar-refractivity contribution in [2.45, 2.75) is 11.3 Å². The Balaban J connectivity index is 2.07. The standard InChI is InChI=1S/C15H13NO3S/c16-11-12-5-7-14(8-6-12)20(18,19)10-9-13-3-1-2-4-15(13)17/h1-8,13H,9-10H2. The van der Waals surface area contributed by atoms with Crippen LogP contribution in [0.3, 0.4) is 0 Å². The molecule has 0 fully saturated rings. The number of rotatable bonds is 4. The van der Waals surface area contributed by atoms with Crippen LogP contribution >= 0.6 is 0 Å². The maximum Gasteiger partial charge on any atom is 0.178 e. The largest absolute Gasteiger partial charge is 0.294 e. The lowest BCUT2D eigenvalue weighted by atomic mass is 9.97. The summed E-state index contributed by atoms with van der Waals surface area (Å²) in [4.78, 5) is 11.7. The van der Waals surface area contributed by atoms with Gasteiger partial charge in [0.2, 0.25) is 0 Å². The van der Waals surface area contributed by atoms with Gasteiger partial charge in [0.15, 0.2) is 15.6 Å². The number of nitrogens with zero attached hydrogens (tertiary/aromatic N) is 1. The third-order valence-electron chi connectivity index (χ3n) is 3.12. The van der Waals surface area contributed by atoms with Gasteiger partial charge in [0.05, 0.1) is 22.3 Å². The van der Waals surface area contributed by atoms with E-state index in [0.29, 0.717) is 5.56 Å². The van der Waals surface area contributed by atoms with Gasteiger partial charge in [-0.05, 0) is 36.8 Å². The van der Waals surface area contributed by atoms with E-state index in [-0.39, 0.29) is 28.8 Å². The predicted molar refractivity (Wildman–Crippen MR) is 74.6 cm³/mol. The Morgan fingerprint density at radius 1 is 1.15 bits per heavy atom. The van der Waals surface area contributed by atoms with Crippen LogP contribution in [-0.4, -0.2) is 20.0 Å². The van der Waals surface area contributed by atoms with Crippen LogP contribution in [0.15, 0.2) is 53.5 Å². The second-order valence-electron chi connectivity index (χ2n) is 4.50. The van der Waals surface area contributed by atoms with Gasteiger partial charge in [-0.2, -0.15) is 5.26 Å². The van der Waals surface area contributed by atoms with Crippen LogP contribution in [0.25, 0.3) is 0 Å². The molecule has 1 atom stereocenters. The molecule has 5 heteroatoms. The molecule has 20 heavy (non-hydrogen) atoms. The average Bonchev–Trinajstić information content (AvgIpc) is 2.46. The number of allylic oxidation sites excluding steroid dienone is 4. The fraction of sp³-hybridized carbons (Fsp3) is 0.200. The first kappa shape index (κ1) is 14.2. The Hall–Kier alpha value is -2.19. The molecule has 0 aliphatic heterocycles. The fourth-order valence-corrected chi connectivity index (χ4v) is 3.29. The summed E-state index contributed by atoms with van der Waals surface area (Å²) >= 11 is 0. The first-order chi connectivity index (χ1) is 9.53. The van der Waals surface area contributed by atoms with E-state index in [0.717, 1.165) is 0 Å². The number of hydrogen-bond donors (Lipinski definition) is 0. The van der Waals surface area contributed by atoms with E-state index in [1.807, 2.05) is 6.07 Å². The Kier molecular flexibility index (Phi) is 4.16. The van der Waals surface area contributed by atoms with E-state index in [4.69, 9.17) is 5.26 Å². The summed E-state index contributed by atoms with van der Waals surface area (Å²) in [5.41, 5.74) is 0.416. The second kappa shape index (κ2) is 5.85. The number of carbonyl (C=O) groups is 1. The minimum absolute atomic E-state index is 0.0671. The Bertz CT molecular complexity index is 706. The summed E-state index contributed by atoms with van der Waals surface area (Å²) < 4.78 is 24.3. The molecule has 0 heterocycles. The summed E-state index contributed by atoms with van der Waals surface area (Å²) in [5, 5.41) is 8.68. The van der Waals surface area contributed by atoms with Gasteiger partial charge in [0, 0.05) is 5.92 Å². The lowest BCUT2D eigenvalue weighted by molar-refractivity contribution is -0.117. The maximum atomic E-state index is 12.1. The van der Waals surface area contributed by atoms with Crippen LogP contribution in [0.4, 0.5) is 0 Å². The van der Waals surface area contributed by atoms with Gasteiger partial charge >= 0.3 is 0 Å². The van der Waals surface area contributed by atoms with E-state index >= 15 is 0 Å². The van der Waals surface area contributed by atoms with E-state index in [9.17, 15) is 13.2 Å². The molecule has 2 rings (SSSR count). The molecule has 0 aromatic heterocycles. The van der Waals surface area contributed by atoms with Crippen molar-refractivity contribution in [3.05, 3.63) is 54.1 Å². The maximum absolute atomic E-state index is 12.1. The van der Waals surface area contributed by atoms with Gasteiger partial charge in [0.25, 0.3) is 0 Å². The molecule has 0 spiro atoms. The normalized spacial score (nSPS) is 17.9. The summed E-state index contributed by atoms with van der Waals surface area (Å²) in [6.45, 7) is 0. The molecule has 0 N–H and O–H groups in total. The molecule has 1 aromatic carbocycles. The van der Waals surface area contributed by atoms with Crippen molar-refractivity contribution >= 4 is 15.6 Å². The number of carbonyl (C=O) groups excluding carboxylic acids is 1. The molecule has 0 amide bonds. The van der Waals surface area contributed by atoms with E-state index in [1.165, 1.54) is 30.3 Å². The monoisotopic (exact) mass is 287 g/mol. The minimum Gasteiger partial charge on any atom is -0.294 e. The number of ketones is 1. The molecule has 0 radical (unpaired) electrons. The number of nitriles is 1. The van der Waals surface area contributed by atoms with E-state index < -0.39 is 9.84 Å². The third kappa shape index (κ3) is 3.22. The molecule has 1 aliphatic carbocycles. The van der Waals surface area contributed by atoms with Crippen molar-refractivity contribution in [2.24, 2.45) is 5.92 Å². The van der Waals surface area contributed by atoms with Gasteiger partial charge in [-0.15, -0.1) is 0 Å². The molecule has 4 nitrogen and oxygen atoms in total. The van der Waals surface area contributed by atoms with Gasteiger partial charge in [-0.25, -0.2) is 8.42 Å². The summed E-state index contributed by atoms with van der Waals surface area (Å²) in [7, 11) is -3.43. The van der Waals surface area contributed by atoms with Crippen molar-refractivity contribution in [1.82, 2.24) is 0 Å². The molecule has 1 aliphatic rings. The molecular weight excluding hydrogens is 274 g/mol. The van der Waals surface area contributed by atoms with E-state index in [2.05, 4.69) is 0 Å². The zero-order valence-electron chi connectivity index (χ0n) is 10.7. The smallest absolute Gasteiger partial charge is 0.178 e. The zero-order valence-corrected chi connectivity index (χ0v) is 11.5. The number of benzene rings is 1. The second-order valence-corrected chi connectivity index (χ2v) is 6.61. The van der Waals surface area contributed by atoms with Crippen LogP contribution in [0.1, 0.15) is 12.0 Å². The molecule has 0 saturated heterocycles. The molecule has 0 bridgehead atoms. The average molecular weight is 287 g/mol. The van der Waals surface area contributed by atoms with Crippen LogP contribution in [-0.2, 0) is 14.6 Å². The van der Waals surface area contributed by atoms with Crippen molar-refractivity contribution in [3.8, 4) is 6.07 Å². The zero-order chi connectivity index (χ0) is 14.6. The predicted octanol–water partition coefficient (Wildman–Crippen LogP) is 2.03. The quantitative estimate of drug-likeness (QED) is 0.849. The van der Waals surface area contributed by atoms with Crippen molar-refractivity contribution in [2.75, 3.05) is 5.75 Å². The Morgan fingerprint density at radius 2 is 1.85 bits per heavy atom. The molecule has 0 saturated carbocycles. The molecule has 1 unspecified atom stereocenters. The first-order valence-electron chi connectivity index (χ1n) is 6.14. The van der Waals surface area contributed by atoms with Crippen LogP contribution in [0.5, 0.6) is 0 Å². The summed E-state index contributed by atoms with van der Waals surface area (Å²) in [6.07, 6.45) is 6.84. The first-order valence-corrected chi connectivity index (χ1v) is 7.80. The Morgan fingerprint density at radius 3 is 2.45 bits per heavy atom. The summed E-state index contributed by atoms with van der Waals surface area (Å²) in [6, 6.07) is 7.73. The highest BCUT2D eigenvalue weighted by Crippen LogP contribution is 2.18. The van der Waals surface area contributed by atoms with E-state index in [1.54, 1.807) is 18.2 Å². The molecule has 102 valence electrons. The van der Waals surface area contributed by atoms with Gasteiger partial charge in [0.1, 0.15) is 0 Å². The fourth-order valence-electron chi connectivity index (χ4n) is 1.94. The van der Waals surface area contributed by atoms with Gasteiger partial charge in [-0.1, -0.05) is 18.2 Å². The van der Waals surface area contributed by atoms with Crippen molar-refractivity contribution in [1.29, 1.82) is 5.26 Å². The minimum atomic E-state index is -3.43. The highest BCUT2D eigenvalue weighted by Gasteiger charge is 2.20. The lowest BCUT2D eigenvalue weighted by Gasteiger charge is -2.11. The highest BCUT2D eigenvalue weighted by molar-refractivity contribution is 7.91. The lowest BCUT2D eigenvalue weighted by Crippen LogP contribution is -2.17. The summed E-state index contributed by atoms with van der Waals surface area (Å²) in [5.74, 6) is -0.524. The van der Waals surface area contributed by atoms with Crippen molar-refractivity contribution in [3.63, 3.8) is 0 Å². The van der Waals surface area contributed by atoms with Crippen LogP contribution in [0.2, 0.25) is 0 Å². The van der Waals surface area contributed by atoms with Gasteiger partial charge in [-0.3, -0.25) is 4.79 Å².